The number of carbonyl (C=O) groups is 1. The second kappa shape index (κ2) is 5.32. The highest BCUT2D eigenvalue weighted by atomic mass is 16.5. The molecule has 0 saturated carbocycles. The van der Waals surface area contributed by atoms with E-state index >= 15 is 0 Å². The van der Waals surface area contributed by atoms with Crippen LogP contribution in [0.5, 0.6) is 0 Å². The van der Waals surface area contributed by atoms with Gasteiger partial charge in [0.1, 0.15) is 5.60 Å². The number of rotatable bonds is 5. The summed E-state index contributed by atoms with van der Waals surface area (Å²) in [6, 6.07) is 0.0732. The summed E-state index contributed by atoms with van der Waals surface area (Å²) < 4.78 is 5.10. The Labute approximate surface area is 85.9 Å². The van der Waals surface area contributed by atoms with Crippen molar-refractivity contribution in [3.63, 3.8) is 0 Å². The Morgan fingerprint density at radius 1 is 1.50 bits per heavy atom. The monoisotopic (exact) mass is 203 g/mol. The largest absolute Gasteiger partial charge is 0.395 e. The molecule has 14 heavy (non-hydrogen) atoms. The molecule has 84 valence electrons. The van der Waals surface area contributed by atoms with Gasteiger partial charge in [-0.3, -0.25) is 4.79 Å². The van der Waals surface area contributed by atoms with Crippen LogP contribution < -0.4 is 0 Å². The maximum atomic E-state index is 11.9. The number of nitrogens with zero attached hydrogens (tertiary/aromatic N) is 1. The Morgan fingerprint density at radius 2 is 2.00 bits per heavy atom. The summed E-state index contributed by atoms with van der Waals surface area (Å²) in [6.07, 6.45) is 0. The lowest BCUT2D eigenvalue weighted by Gasteiger charge is -2.33. The third-order valence-electron chi connectivity index (χ3n) is 2.25. The first-order valence-electron chi connectivity index (χ1n) is 4.84. The highest BCUT2D eigenvalue weighted by molar-refractivity contribution is 5.84. The van der Waals surface area contributed by atoms with E-state index in [9.17, 15) is 4.79 Å². The molecule has 1 amide bonds. The molecule has 4 heteroatoms. The number of hydrogen-bond donors (Lipinski definition) is 1. The number of methoxy groups -OCH3 is 1. The first-order chi connectivity index (χ1) is 6.36. The third-order valence-corrected chi connectivity index (χ3v) is 2.25. The zero-order chi connectivity index (χ0) is 11.4. The van der Waals surface area contributed by atoms with Gasteiger partial charge in [-0.1, -0.05) is 0 Å². The van der Waals surface area contributed by atoms with E-state index < -0.39 is 5.60 Å². The van der Waals surface area contributed by atoms with Crippen molar-refractivity contribution < 1.29 is 14.6 Å². The van der Waals surface area contributed by atoms with E-state index in [1.54, 1.807) is 18.7 Å². The van der Waals surface area contributed by atoms with Crippen molar-refractivity contribution in [1.82, 2.24) is 4.90 Å². The molecule has 0 aromatic heterocycles. The number of hydrogen-bond acceptors (Lipinski definition) is 3. The van der Waals surface area contributed by atoms with E-state index in [0.717, 1.165) is 0 Å². The molecule has 0 spiro atoms. The lowest BCUT2D eigenvalue weighted by atomic mass is 10.1. The second-order valence-electron chi connectivity index (χ2n) is 4.03. The van der Waals surface area contributed by atoms with Gasteiger partial charge in [0, 0.05) is 19.7 Å². The smallest absolute Gasteiger partial charge is 0.254 e. The highest BCUT2D eigenvalue weighted by Gasteiger charge is 2.32. The van der Waals surface area contributed by atoms with Crippen LogP contribution >= 0.6 is 0 Å². The van der Waals surface area contributed by atoms with Crippen molar-refractivity contribution in [1.29, 1.82) is 0 Å². The van der Waals surface area contributed by atoms with Gasteiger partial charge in [0.05, 0.1) is 6.61 Å². The molecule has 0 atom stereocenters. The molecular formula is C10H21NO3. The minimum absolute atomic E-state index is 0.0241. The minimum Gasteiger partial charge on any atom is -0.395 e. The van der Waals surface area contributed by atoms with Crippen molar-refractivity contribution in [2.75, 3.05) is 20.3 Å². The molecule has 0 heterocycles. The van der Waals surface area contributed by atoms with E-state index in [2.05, 4.69) is 0 Å². The standard InChI is InChI=1S/C10H21NO3/c1-8(2)11(6-7-12)9(13)10(3,4)14-5/h8,12H,6-7H2,1-5H3. The van der Waals surface area contributed by atoms with Crippen LogP contribution in [0.2, 0.25) is 0 Å². The van der Waals surface area contributed by atoms with Crippen LogP contribution in [-0.4, -0.2) is 47.8 Å². The summed E-state index contributed by atoms with van der Waals surface area (Å²) in [5.74, 6) is -0.0935. The van der Waals surface area contributed by atoms with Crippen molar-refractivity contribution >= 4 is 5.91 Å². The van der Waals surface area contributed by atoms with E-state index in [0.29, 0.717) is 6.54 Å². The molecule has 1 N–H and O–H groups in total. The number of aliphatic hydroxyl groups is 1. The summed E-state index contributed by atoms with van der Waals surface area (Å²) >= 11 is 0. The predicted molar refractivity (Wildman–Crippen MR) is 55.0 cm³/mol. The van der Waals surface area contributed by atoms with E-state index in [4.69, 9.17) is 9.84 Å². The van der Waals surface area contributed by atoms with Gasteiger partial charge in [-0.25, -0.2) is 0 Å². The van der Waals surface area contributed by atoms with Gasteiger partial charge in [0.2, 0.25) is 0 Å². The fourth-order valence-electron chi connectivity index (χ4n) is 1.14. The summed E-state index contributed by atoms with van der Waals surface area (Å²) in [5, 5.41) is 8.84. The average molecular weight is 203 g/mol. The zero-order valence-electron chi connectivity index (χ0n) is 9.70. The van der Waals surface area contributed by atoms with Crippen molar-refractivity contribution in [3.8, 4) is 0 Å². The van der Waals surface area contributed by atoms with Gasteiger partial charge in [-0.2, -0.15) is 0 Å². The molecule has 0 aromatic rings. The molecule has 0 unspecified atom stereocenters. The normalized spacial score (nSPS) is 11.9. The molecular weight excluding hydrogens is 182 g/mol. The van der Waals surface area contributed by atoms with Gasteiger partial charge >= 0.3 is 0 Å². The van der Waals surface area contributed by atoms with Crippen LogP contribution in [0.1, 0.15) is 27.7 Å². The summed E-state index contributed by atoms with van der Waals surface area (Å²) in [4.78, 5) is 13.5. The van der Waals surface area contributed by atoms with Crippen LogP contribution in [0, 0.1) is 0 Å². The number of amides is 1. The van der Waals surface area contributed by atoms with Gasteiger partial charge in [-0.15, -0.1) is 0 Å². The molecule has 0 aliphatic carbocycles. The van der Waals surface area contributed by atoms with Crippen LogP contribution in [0.15, 0.2) is 0 Å². The van der Waals surface area contributed by atoms with Crippen LogP contribution in [0.3, 0.4) is 0 Å². The van der Waals surface area contributed by atoms with Crippen LogP contribution in [0.25, 0.3) is 0 Å². The van der Waals surface area contributed by atoms with Gasteiger partial charge in [0.15, 0.2) is 0 Å². The van der Waals surface area contributed by atoms with E-state index in [1.807, 2.05) is 13.8 Å². The Balaban J connectivity index is 4.59. The van der Waals surface area contributed by atoms with Crippen molar-refractivity contribution in [2.45, 2.75) is 39.3 Å². The average Bonchev–Trinajstić information content (AvgIpc) is 2.12. The highest BCUT2D eigenvalue weighted by Crippen LogP contribution is 2.14. The molecule has 4 nitrogen and oxygen atoms in total. The molecule has 0 bridgehead atoms. The van der Waals surface area contributed by atoms with Crippen molar-refractivity contribution in [2.24, 2.45) is 0 Å². The predicted octanol–water partition coefficient (Wildman–Crippen LogP) is 0.641. The minimum atomic E-state index is -0.820. The molecule has 0 aliphatic heterocycles. The first-order valence-corrected chi connectivity index (χ1v) is 4.84. The van der Waals surface area contributed by atoms with E-state index in [-0.39, 0.29) is 18.6 Å². The molecule has 0 rings (SSSR count). The number of aliphatic hydroxyl groups excluding tert-OH is 1. The quantitative estimate of drug-likeness (QED) is 0.713. The van der Waals surface area contributed by atoms with Crippen LogP contribution in [-0.2, 0) is 9.53 Å². The summed E-state index contributed by atoms with van der Waals surface area (Å²) in [5.41, 5.74) is -0.820. The van der Waals surface area contributed by atoms with Gasteiger partial charge < -0.3 is 14.7 Å². The topological polar surface area (TPSA) is 49.8 Å². The fourth-order valence-corrected chi connectivity index (χ4v) is 1.14. The zero-order valence-corrected chi connectivity index (χ0v) is 9.70. The summed E-state index contributed by atoms with van der Waals surface area (Å²) in [6.45, 7) is 7.61. The van der Waals surface area contributed by atoms with Crippen LogP contribution in [0.4, 0.5) is 0 Å². The number of ether oxygens (including phenoxy) is 1. The molecule has 0 aromatic carbocycles. The summed E-state index contributed by atoms with van der Waals surface area (Å²) in [7, 11) is 1.51. The molecule has 0 radical (unpaired) electrons. The van der Waals surface area contributed by atoms with Gasteiger partial charge in [0.25, 0.3) is 5.91 Å². The SMILES string of the molecule is COC(C)(C)C(=O)N(CCO)C(C)C. The Morgan fingerprint density at radius 3 is 2.29 bits per heavy atom. The van der Waals surface area contributed by atoms with Crippen molar-refractivity contribution in [3.05, 3.63) is 0 Å². The number of carbonyl (C=O) groups excluding carboxylic acids is 1. The fraction of sp³-hybridized carbons (Fsp3) is 0.900. The second-order valence-corrected chi connectivity index (χ2v) is 4.03. The molecule has 0 fully saturated rings. The Kier molecular flexibility index (Phi) is 5.08. The van der Waals surface area contributed by atoms with Gasteiger partial charge in [-0.05, 0) is 27.7 Å². The first kappa shape index (κ1) is 13.4. The third kappa shape index (κ3) is 3.27. The molecule has 0 aliphatic rings. The maximum Gasteiger partial charge on any atom is 0.254 e. The Hall–Kier alpha value is -0.610. The maximum absolute atomic E-state index is 11.9. The Bertz CT molecular complexity index is 190. The lowest BCUT2D eigenvalue weighted by molar-refractivity contribution is -0.153. The van der Waals surface area contributed by atoms with E-state index in [1.165, 1.54) is 7.11 Å². The lowest BCUT2D eigenvalue weighted by Crippen LogP contribution is -2.50. The molecule has 0 saturated heterocycles.